The predicted octanol–water partition coefficient (Wildman–Crippen LogP) is 3.15. The number of carboxylic acids is 1. The molecule has 0 atom stereocenters. The molecule has 86 valence electrons. The van der Waals surface area contributed by atoms with Gasteiger partial charge in [-0.15, -0.1) is 0 Å². The van der Waals surface area contributed by atoms with Gasteiger partial charge in [0.15, 0.2) is 0 Å². The second kappa shape index (κ2) is 4.28. The highest BCUT2D eigenvalue weighted by Gasteiger charge is 2.40. The molecule has 1 aliphatic rings. The molecule has 0 spiro atoms. The molecule has 1 fully saturated rings. The van der Waals surface area contributed by atoms with Crippen molar-refractivity contribution in [2.24, 2.45) is 0 Å². The Bertz CT molecular complexity index is 391. The van der Waals surface area contributed by atoms with E-state index in [9.17, 15) is 4.79 Å². The fraction of sp³-hybridized carbons (Fsp3) is 0.500. The van der Waals surface area contributed by atoms with Crippen LogP contribution in [-0.4, -0.2) is 11.1 Å². The fourth-order valence-corrected chi connectivity index (χ4v) is 2.58. The van der Waals surface area contributed by atoms with Gasteiger partial charge in [0, 0.05) is 5.41 Å². The van der Waals surface area contributed by atoms with Gasteiger partial charge < -0.3 is 5.11 Å². The van der Waals surface area contributed by atoms with Crippen molar-refractivity contribution in [1.29, 1.82) is 0 Å². The van der Waals surface area contributed by atoms with Crippen LogP contribution in [0.15, 0.2) is 24.3 Å². The molecule has 0 radical (unpaired) electrons. The second-order valence-corrected chi connectivity index (χ2v) is 4.76. The highest BCUT2D eigenvalue weighted by atomic mass is 16.4. The maximum absolute atomic E-state index is 10.9. The van der Waals surface area contributed by atoms with Gasteiger partial charge in [0.25, 0.3) is 0 Å². The van der Waals surface area contributed by atoms with E-state index in [4.69, 9.17) is 5.11 Å². The summed E-state index contributed by atoms with van der Waals surface area (Å²) in [7, 11) is 0. The van der Waals surface area contributed by atoms with Gasteiger partial charge >= 0.3 is 5.97 Å². The summed E-state index contributed by atoms with van der Waals surface area (Å²) in [6.45, 7) is 2.13. The molecule has 0 bridgehead atoms. The molecule has 1 aromatic carbocycles. The number of aryl methyl sites for hydroxylation is 1. The maximum atomic E-state index is 10.9. The van der Waals surface area contributed by atoms with E-state index in [1.807, 2.05) is 0 Å². The Labute approximate surface area is 96.3 Å². The van der Waals surface area contributed by atoms with E-state index in [0.717, 1.165) is 25.7 Å². The van der Waals surface area contributed by atoms with Crippen molar-refractivity contribution in [3.8, 4) is 0 Å². The van der Waals surface area contributed by atoms with Gasteiger partial charge in [-0.25, -0.2) is 0 Å². The number of rotatable bonds is 4. The smallest absolute Gasteiger partial charge is 0.304 e. The van der Waals surface area contributed by atoms with E-state index in [-0.39, 0.29) is 11.8 Å². The van der Waals surface area contributed by atoms with E-state index in [0.29, 0.717) is 0 Å². The lowest BCUT2D eigenvalue weighted by Crippen LogP contribution is -2.36. The maximum Gasteiger partial charge on any atom is 0.304 e. The predicted molar refractivity (Wildman–Crippen MR) is 63.6 cm³/mol. The van der Waals surface area contributed by atoms with Crippen LogP contribution >= 0.6 is 0 Å². The zero-order valence-corrected chi connectivity index (χ0v) is 9.70. The molecule has 0 aromatic heterocycles. The minimum absolute atomic E-state index is 0.0724. The lowest BCUT2D eigenvalue weighted by Gasteiger charge is -2.41. The molecule has 2 heteroatoms. The normalized spacial score (nSPS) is 17.8. The second-order valence-electron chi connectivity index (χ2n) is 4.76. The van der Waals surface area contributed by atoms with Crippen molar-refractivity contribution in [3.05, 3.63) is 35.4 Å². The van der Waals surface area contributed by atoms with Crippen molar-refractivity contribution >= 4 is 5.97 Å². The summed E-state index contributed by atoms with van der Waals surface area (Å²) in [5, 5.41) is 9.00. The number of aliphatic carboxylic acids is 1. The Morgan fingerprint density at radius 1 is 1.44 bits per heavy atom. The van der Waals surface area contributed by atoms with Gasteiger partial charge in [-0.05, 0) is 30.4 Å². The van der Waals surface area contributed by atoms with Gasteiger partial charge in [-0.3, -0.25) is 4.79 Å². The molecule has 2 rings (SSSR count). The number of benzene rings is 1. The Kier molecular flexibility index (Phi) is 2.99. The number of carbonyl (C=O) groups is 1. The lowest BCUT2D eigenvalue weighted by atomic mass is 9.62. The molecule has 0 aliphatic heterocycles. The zero-order valence-electron chi connectivity index (χ0n) is 9.70. The molecule has 1 saturated carbocycles. The third kappa shape index (κ3) is 1.97. The Hall–Kier alpha value is -1.31. The monoisotopic (exact) mass is 218 g/mol. The molecule has 16 heavy (non-hydrogen) atoms. The lowest BCUT2D eigenvalue weighted by molar-refractivity contribution is -0.139. The van der Waals surface area contributed by atoms with Crippen LogP contribution in [0, 0.1) is 0 Å². The van der Waals surface area contributed by atoms with Gasteiger partial charge in [-0.2, -0.15) is 0 Å². The summed E-state index contributed by atoms with van der Waals surface area (Å²) in [6, 6.07) is 8.43. The molecule has 1 N–H and O–H groups in total. The standard InChI is InChI=1S/C14H18O2/c1-2-11-5-3-6-12(9-11)14(7-4-8-14)10-13(15)16/h3,5-6,9H,2,4,7-8,10H2,1H3,(H,15,16). The van der Waals surface area contributed by atoms with E-state index in [2.05, 4.69) is 31.2 Å². The minimum atomic E-state index is -0.679. The molecule has 0 unspecified atom stereocenters. The summed E-state index contributed by atoms with van der Waals surface area (Å²) in [6.07, 6.45) is 4.49. The van der Waals surface area contributed by atoms with Crippen LogP contribution in [0.25, 0.3) is 0 Å². The number of carboxylic acid groups (broad SMARTS) is 1. The average molecular weight is 218 g/mol. The van der Waals surface area contributed by atoms with Crippen LogP contribution in [-0.2, 0) is 16.6 Å². The van der Waals surface area contributed by atoms with Gasteiger partial charge in [-0.1, -0.05) is 37.6 Å². The summed E-state index contributed by atoms with van der Waals surface area (Å²) < 4.78 is 0. The number of hydrogen-bond acceptors (Lipinski definition) is 1. The van der Waals surface area contributed by atoms with Gasteiger partial charge in [0.2, 0.25) is 0 Å². The SMILES string of the molecule is CCc1cccc(C2(CC(=O)O)CCC2)c1. The van der Waals surface area contributed by atoms with E-state index >= 15 is 0 Å². The van der Waals surface area contributed by atoms with Crippen LogP contribution in [0.3, 0.4) is 0 Å². The molecule has 2 nitrogen and oxygen atoms in total. The zero-order chi connectivity index (χ0) is 11.6. The van der Waals surface area contributed by atoms with Crippen LogP contribution in [0.4, 0.5) is 0 Å². The average Bonchev–Trinajstić information content (AvgIpc) is 2.23. The molecular weight excluding hydrogens is 200 g/mol. The first-order valence-electron chi connectivity index (χ1n) is 5.97. The third-order valence-corrected chi connectivity index (χ3v) is 3.75. The molecule has 1 aromatic rings. The Morgan fingerprint density at radius 2 is 2.19 bits per heavy atom. The molecule has 1 aliphatic carbocycles. The van der Waals surface area contributed by atoms with Crippen LogP contribution < -0.4 is 0 Å². The molecule has 0 heterocycles. The van der Waals surface area contributed by atoms with E-state index in [1.54, 1.807) is 0 Å². The summed E-state index contributed by atoms with van der Waals surface area (Å²) in [5.74, 6) is -0.679. The largest absolute Gasteiger partial charge is 0.481 e. The Morgan fingerprint density at radius 3 is 2.69 bits per heavy atom. The van der Waals surface area contributed by atoms with E-state index in [1.165, 1.54) is 11.1 Å². The quantitative estimate of drug-likeness (QED) is 0.843. The third-order valence-electron chi connectivity index (χ3n) is 3.75. The van der Waals surface area contributed by atoms with Crippen molar-refractivity contribution in [1.82, 2.24) is 0 Å². The fourth-order valence-electron chi connectivity index (χ4n) is 2.58. The Balaban J connectivity index is 2.29. The van der Waals surface area contributed by atoms with Crippen molar-refractivity contribution in [2.75, 3.05) is 0 Å². The summed E-state index contributed by atoms with van der Waals surface area (Å²) in [4.78, 5) is 10.9. The van der Waals surface area contributed by atoms with Gasteiger partial charge in [0.1, 0.15) is 0 Å². The topological polar surface area (TPSA) is 37.3 Å². The van der Waals surface area contributed by atoms with Crippen LogP contribution in [0.5, 0.6) is 0 Å². The minimum Gasteiger partial charge on any atom is -0.481 e. The van der Waals surface area contributed by atoms with Crippen LogP contribution in [0.2, 0.25) is 0 Å². The molecule has 0 saturated heterocycles. The first kappa shape index (κ1) is 11.2. The number of hydrogen-bond donors (Lipinski definition) is 1. The molecular formula is C14H18O2. The van der Waals surface area contributed by atoms with Crippen molar-refractivity contribution in [3.63, 3.8) is 0 Å². The summed E-state index contributed by atoms with van der Waals surface area (Å²) >= 11 is 0. The van der Waals surface area contributed by atoms with Crippen molar-refractivity contribution in [2.45, 2.75) is 44.4 Å². The van der Waals surface area contributed by atoms with Crippen molar-refractivity contribution < 1.29 is 9.90 Å². The first-order chi connectivity index (χ1) is 7.66. The molecule has 0 amide bonds. The highest BCUT2D eigenvalue weighted by Crippen LogP contribution is 2.46. The van der Waals surface area contributed by atoms with Crippen LogP contribution in [0.1, 0.15) is 43.7 Å². The van der Waals surface area contributed by atoms with E-state index < -0.39 is 5.97 Å². The summed E-state index contributed by atoms with van der Waals surface area (Å²) in [5.41, 5.74) is 2.45. The van der Waals surface area contributed by atoms with Gasteiger partial charge in [0.05, 0.1) is 6.42 Å². The first-order valence-corrected chi connectivity index (χ1v) is 5.97. The highest BCUT2D eigenvalue weighted by molar-refractivity contribution is 5.69.